The van der Waals surface area contributed by atoms with Gasteiger partial charge in [-0.1, -0.05) is 17.7 Å². The number of carboxylic acid groups (broad SMARTS) is 1. The molecule has 0 unspecified atom stereocenters. The Hall–Kier alpha value is -1.11. The van der Waals surface area contributed by atoms with Crippen LogP contribution in [0.4, 0.5) is 0 Å². The highest BCUT2D eigenvalue weighted by Gasteiger charge is 2.40. The summed E-state index contributed by atoms with van der Waals surface area (Å²) in [5.74, 6) is -0.876. The summed E-state index contributed by atoms with van der Waals surface area (Å²) in [6.07, 6.45) is 0.613. The van der Waals surface area contributed by atoms with E-state index in [1.807, 2.05) is 0 Å². The van der Waals surface area contributed by atoms with Crippen molar-refractivity contribution in [1.82, 2.24) is 4.31 Å². The number of aliphatic carboxylic acids is 1. The second-order valence-corrected chi connectivity index (χ2v) is 7.95. The molecule has 1 aromatic rings. The van der Waals surface area contributed by atoms with Gasteiger partial charge in [0.15, 0.2) is 0 Å². The van der Waals surface area contributed by atoms with Gasteiger partial charge in [-0.05, 0) is 44.4 Å². The number of nitrogens with zero attached hydrogens (tertiary/aromatic N) is 1. The van der Waals surface area contributed by atoms with E-state index in [1.165, 1.54) is 10.4 Å². The van der Waals surface area contributed by atoms with Crippen LogP contribution in [0, 0.1) is 12.3 Å². The molecule has 0 spiro atoms. The molecular weight excluding hydrogens is 314 g/mol. The summed E-state index contributed by atoms with van der Waals surface area (Å²) < 4.78 is 26.7. The molecule has 116 valence electrons. The molecule has 7 heteroatoms. The average molecular weight is 332 g/mol. The molecule has 0 aromatic heterocycles. The molecule has 0 aliphatic carbocycles. The van der Waals surface area contributed by atoms with Crippen molar-refractivity contribution in [1.29, 1.82) is 0 Å². The molecule has 1 aliphatic heterocycles. The van der Waals surface area contributed by atoms with Crippen molar-refractivity contribution in [3.8, 4) is 0 Å². The van der Waals surface area contributed by atoms with E-state index in [-0.39, 0.29) is 18.0 Å². The number of piperidine rings is 1. The molecule has 1 N–H and O–H groups in total. The first-order valence-electron chi connectivity index (χ1n) is 6.67. The van der Waals surface area contributed by atoms with Crippen LogP contribution in [0.15, 0.2) is 23.1 Å². The molecule has 0 atom stereocenters. The lowest BCUT2D eigenvalue weighted by atomic mass is 9.81. The lowest BCUT2D eigenvalue weighted by molar-refractivity contribution is -0.150. The van der Waals surface area contributed by atoms with Crippen molar-refractivity contribution in [2.75, 3.05) is 13.1 Å². The average Bonchev–Trinajstić information content (AvgIpc) is 2.42. The van der Waals surface area contributed by atoms with Gasteiger partial charge in [-0.15, -0.1) is 0 Å². The number of benzene rings is 1. The zero-order valence-electron chi connectivity index (χ0n) is 12.0. The van der Waals surface area contributed by atoms with Gasteiger partial charge < -0.3 is 5.11 Å². The maximum Gasteiger partial charge on any atom is 0.309 e. The SMILES string of the molecule is Cc1c(Cl)cccc1S(=O)(=O)N1CCC(C)(C(=O)O)CC1. The minimum atomic E-state index is -3.64. The molecule has 1 fully saturated rings. The summed E-state index contributed by atoms with van der Waals surface area (Å²) in [4.78, 5) is 11.4. The van der Waals surface area contributed by atoms with E-state index in [0.717, 1.165) is 0 Å². The molecule has 0 bridgehead atoms. The summed E-state index contributed by atoms with van der Waals surface area (Å²) in [6.45, 7) is 3.73. The van der Waals surface area contributed by atoms with Gasteiger partial charge in [-0.3, -0.25) is 4.79 Å². The van der Waals surface area contributed by atoms with Gasteiger partial charge in [0.2, 0.25) is 10.0 Å². The number of carboxylic acids is 1. The van der Waals surface area contributed by atoms with Gasteiger partial charge in [0.25, 0.3) is 0 Å². The van der Waals surface area contributed by atoms with E-state index in [2.05, 4.69) is 0 Å². The summed E-state index contributed by atoms with van der Waals surface area (Å²) in [5.41, 5.74) is -0.333. The van der Waals surface area contributed by atoms with Crippen LogP contribution >= 0.6 is 11.6 Å². The van der Waals surface area contributed by atoms with Gasteiger partial charge in [0, 0.05) is 18.1 Å². The number of halogens is 1. The predicted octanol–water partition coefficient (Wildman–Crippen LogP) is 2.52. The van der Waals surface area contributed by atoms with Gasteiger partial charge in [-0.25, -0.2) is 8.42 Å². The fourth-order valence-corrected chi connectivity index (χ4v) is 4.36. The van der Waals surface area contributed by atoms with Gasteiger partial charge in [-0.2, -0.15) is 4.31 Å². The number of hydrogen-bond donors (Lipinski definition) is 1. The Morgan fingerprint density at radius 3 is 2.43 bits per heavy atom. The van der Waals surface area contributed by atoms with Gasteiger partial charge in [0.1, 0.15) is 0 Å². The maximum absolute atomic E-state index is 12.7. The fraction of sp³-hybridized carbons (Fsp3) is 0.500. The molecule has 1 aliphatic rings. The van der Waals surface area contributed by atoms with Crippen molar-refractivity contribution in [3.05, 3.63) is 28.8 Å². The lowest BCUT2D eigenvalue weighted by Gasteiger charge is -2.35. The zero-order valence-corrected chi connectivity index (χ0v) is 13.5. The normalized spacial score (nSPS) is 19.4. The smallest absolute Gasteiger partial charge is 0.309 e. The first-order valence-corrected chi connectivity index (χ1v) is 8.49. The highest BCUT2D eigenvalue weighted by Crippen LogP contribution is 2.34. The molecule has 1 heterocycles. The van der Waals surface area contributed by atoms with Crippen molar-refractivity contribution < 1.29 is 18.3 Å². The quantitative estimate of drug-likeness (QED) is 0.923. The summed E-state index contributed by atoms with van der Waals surface area (Å²) in [5, 5.41) is 9.60. The highest BCUT2D eigenvalue weighted by molar-refractivity contribution is 7.89. The Balaban J connectivity index is 2.27. The molecule has 1 aromatic carbocycles. The predicted molar refractivity (Wildman–Crippen MR) is 79.9 cm³/mol. The summed E-state index contributed by atoms with van der Waals surface area (Å²) in [6, 6.07) is 4.78. The molecule has 21 heavy (non-hydrogen) atoms. The third-order valence-electron chi connectivity index (χ3n) is 4.18. The third kappa shape index (κ3) is 2.93. The molecule has 0 radical (unpaired) electrons. The van der Waals surface area contributed by atoms with Crippen LogP contribution in [-0.2, 0) is 14.8 Å². The zero-order chi connectivity index (χ0) is 15.8. The fourth-order valence-electron chi connectivity index (χ4n) is 2.44. The monoisotopic (exact) mass is 331 g/mol. The maximum atomic E-state index is 12.7. The number of hydrogen-bond acceptors (Lipinski definition) is 3. The summed E-state index contributed by atoms with van der Waals surface area (Å²) >= 11 is 5.98. The Bertz CT molecular complexity index is 664. The lowest BCUT2D eigenvalue weighted by Crippen LogP contribution is -2.45. The second kappa shape index (κ2) is 5.59. The number of rotatable bonds is 3. The van der Waals surface area contributed by atoms with Crippen molar-refractivity contribution in [2.45, 2.75) is 31.6 Å². The van der Waals surface area contributed by atoms with E-state index in [0.29, 0.717) is 23.4 Å². The van der Waals surface area contributed by atoms with Crippen molar-refractivity contribution >= 4 is 27.6 Å². The molecular formula is C14H18ClNO4S. The van der Waals surface area contributed by atoms with Crippen LogP contribution in [0.2, 0.25) is 5.02 Å². The first-order chi connectivity index (χ1) is 9.68. The van der Waals surface area contributed by atoms with Crippen LogP contribution < -0.4 is 0 Å². The van der Waals surface area contributed by atoms with E-state index >= 15 is 0 Å². The third-order valence-corrected chi connectivity index (χ3v) is 6.63. The van der Waals surface area contributed by atoms with E-state index in [9.17, 15) is 18.3 Å². The topological polar surface area (TPSA) is 74.7 Å². The minimum Gasteiger partial charge on any atom is -0.481 e. The first kappa shape index (κ1) is 16.3. The standard InChI is InChI=1S/C14H18ClNO4S/c1-10-11(15)4-3-5-12(10)21(19,20)16-8-6-14(2,7-9-16)13(17)18/h3-5H,6-9H2,1-2H3,(H,17,18). The number of sulfonamides is 1. The van der Waals surface area contributed by atoms with Crippen molar-refractivity contribution in [3.63, 3.8) is 0 Å². The van der Waals surface area contributed by atoms with Crippen LogP contribution in [-0.4, -0.2) is 36.9 Å². The van der Waals surface area contributed by atoms with E-state index in [4.69, 9.17) is 11.6 Å². The van der Waals surface area contributed by atoms with Crippen LogP contribution in [0.3, 0.4) is 0 Å². The Morgan fingerprint density at radius 1 is 1.33 bits per heavy atom. The van der Waals surface area contributed by atoms with Crippen LogP contribution in [0.1, 0.15) is 25.3 Å². The Labute approximate surface area is 129 Å². The molecule has 5 nitrogen and oxygen atoms in total. The molecule has 0 amide bonds. The van der Waals surface area contributed by atoms with Gasteiger partial charge in [0.05, 0.1) is 10.3 Å². The van der Waals surface area contributed by atoms with Crippen LogP contribution in [0.5, 0.6) is 0 Å². The summed E-state index contributed by atoms with van der Waals surface area (Å²) in [7, 11) is -3.64. The van der Waals surface area contributed by atoms with E-state index < -0.39 is 21.4 Å². The van der Waals surface area contributed by atoms with E-state index in [1.54, 1.807) is 26.0 Å². The minimum absolute atomic E-state index is 0.189. The molecule has 1 saturated heterocycles. The highest BCUT2D eigenvalue weighted by atomic mass is 35.5. The number of carbonyl (C=O) groups is 1. The largest absolute Gasteiger partial charge is 0.481 e. The second-order valence-electron chi connectivity index (χ2n) is 5.63. The molecule has 0 saturated carbocycles. The molecule has 2 rings (SSSR count). The van der Waals surface area contributed by atoms with Crippen molar-refractivity contribution in [2.24, 2.45) is 5.41 Å². The van der Waals surface area contributed by atoms with Gasteiger partial charge >= 0.3 is 5.97 Å². The van der Waals surface area contributed by atoms with Crippen LogP contribution in [0.25, 0.3) is 0 Å². The Morgan fingerprint density at radius 2 is 1.90 bits per heavy atom. The Kier molecular flexibility index (Phi) is 4.33.